The molecule has 17 heteroatoms. The van der Waals surface area contributed by atoms with Crippen molar-refractivity contribution in [3.8, 4) is 0 Å². The molecule has 0 aliphatic carbocycles. The highest BCUT2D eigenvalue weighted by Gasteiger charge is 2.53. The maximum absolute atomic E-state index is 10.9. The predicted octanol–water partition coefficient (Wildman–Crippen LogP) is -3.84. The lowest BCUT2D eigenvalue weighted by Gasteiger charge is -2.48. The maximum atomic E-state index is 10.9. The molecule has 0 radical (unpaired) electrons. The van der Waals surface area contributed by atoms with Gasteiger partial charge in [-0.2, -0.15) is 11.8 Å². The summed E-state index contributed by atoms with van der Waals surface area (Å²) in [4.78, 5) is 0. The molecule has 1 aromatic carbocycles. The molecular formula is C29H46O16S. The summed E-state index contributed by atoms with van der Waals surface area (Å²) in [7, 11) is 0. The number of benzene rings is 1. The number of ether oxygens (including phenoxy) is 6. The molecule has 0 aromatic heterocycles. The highest BCUT2D eigenvalue weighted by molar-refractivity contribution is 7.98. The molecule has 10 N–H and O–H groups in total. The Morgan fingerprint density at radius 2 is 1.07 bits per heavy atom. The second-order valence-corrected chi connectivity index (χ2v) is 12.5. The van der Waals surface area contributed by atoms with E-state index in [0.717, 1.165) is 17.9 Å². The van der Waals surface area contributed by atoms with Crippen molar-refractivity contribution in [1.82, 2.24) is 0 Å². The van der Waals surface area contributed by atoms with Crippen LogP contribution in [-0.2, 0) is 34.2 Å². The highest BCUT2D eigenvalue weighted by Crippen LogP contribution is 2.32. The molecule has 0 unspecified atom stereocenters. The van der Waals surface area contributed by atoms with Crippen LogP contribution in [0.15, 0.2) is 30.3 Å². The largest absolute Gasteiger partial charge is 0.394 e. The van der Waals surface area contributed by atoms with Crippen LogP contribution in [0.1, 0.15) is 18.4 Å². The van der Waals surface area contributed by atoms with Crippen LogP contribution in [0.5, 0.6) is 0 Å². The number of unbranched alkanes of at least 4 members (excludes halogenated alkanes) is 1. The van der Waals surface area contributed by atoms with Gasteiger partial charge in [0, 0.05) is 12.4 Å². The van der Waals surface area contributed by atoms with Gasteiger partial charge in [-0.15, -0.1) is 0 Å². The number of aliphatic hydroxyl groups excluding tert-OH is 10. The zero-order chi connectivity index (χ0) is 33.4. The standard InChI is InChI=1S/C29H46O16S/c30-10-15-18(33)19(34)22(37)28(41-15)44-26-17(12-32)43-29(24(39)21(26)36)45-25-16(11-31)42-27(23(38)20(25)35)40-8-4-5-9-46-13-14-6-2-1-3-7-14/h1-3,6-7,15-39H,4-5,8-13H2/t15-,16-,17-,18+,19+,20-,21-,22-,23-,24-,25-,26+,27-,28-,29+/m1/s1. The van der Waals surface area contributed by atoms with Crippen molar-refractivity contribution >= 4 is 11.8 Å². The van der Waals surface area contributed by atoms with Crippen LogP contribution in [0.4, 0.5) is 0 Å². The minimum Gasteiger partial charge on any atom is -0.394 e. The first kappa shape index (κ1) is 37.7. The van der Waals surface area contributed by atoms with Crippen molar-refractivity contribution in [2.24, 2.45) is 0 Å². The smallest absolute Gasteiger partial charge is 0.187 e. The van der Waals surface area contributed by atoms with E-state index in [1.807, 2.05) is 18.2 Å². The summed E-state index contributed by atoms with van der Waals surface area (Å²) in [6, 6.07) is 10.1. The Kier molecular flexibility index (Phi) is 14.8. The minimum atomic E-state index is -1.89. The van der Waals surface area contributed by atoms with E-state index >= 15 is 0 Å². The Hall–Kier alpha value is -1.07. The first-order valence-corrected chi connectivity index (χ1v) is 16.4. The van der Waals surface area contributed by atoms with Crippen LogP contribution in [0.2, 0.25) is 0 Å². The van der Waals surface area contributed by atoms with Gasteiger partial charge in [0.05, 0.1) is 19.8 Å². The fourth-order valence-electron chi connectivity index (χ4n) is 5.45. The van der Waals surface area contributed by atoms with Gasteiger partial charge in [0.25, 0.3) is 0 Å². The maximum Gasteiger partial charge on any atom is 0.187 e. The van der Waals surface area contributed by atoms with E-state index in [2.05, 4.69) is 12.1 Å². The van der Waals surface area contributed by atoms with Gasteiger partial charge in [0.2, 0.25) is 0 Å². The molecule has 3 aliphatic rings. The summed E-state index contributed by atoms with van der Waals surface area (Å²) in [6.07, 6.45) is -22.5. The molecule has 15 atom stereocenters. The highest BCUT2D eigenvalue weighted by atomic mass is 32.2. The lowest BCUT2D eigenvalue weighted by Crippen LogP contribution is -2.66. The normalized spacial score (nSPS) is 41.8. The monoisotopic (exact) mass is 682 g/mol. The van der Waals surface area contributed by atoms with E-state index in [0.29, 0.717) is 6.42 Å². The van der Waals surface area contributed by atoms with Gasteiger partial charge in [-0.1, -0.05) is 30.3 Å². The molecule has 16 nitrogen and oxygen atoms in total. The van der Waals surface area contributed by atoms with E-state index in [9.17, 15) is 51.1 Å². The predicted molar refractivity (Wildman–Crippen MR) is 157 cm³/mol. The first-order chi connectivity index (χ1) is 22.1. The molecule has 0 spiro atoms. The third-order valence-corrected chi connectivity index (χ3v) is 9.26. The summed E-state index contributed by atoms with van der Waals surface area (Å²) >= 11 is 1.78. The molecular weight excluding hydrogens is 636 g/mol. The number of hydrogen-bond acceptors (Lipinski definition) is 17. The summed E-state index contributed by atoms with van der Waals surface area (Å²) in [5, 5.41) is 103. The van der Waals surface area contributed by atoms with Crippen molar-refractivity contribution in [1.29, 1.82) is 0 Å². The Morgan fingerprint density at radius 1 is 0.565 bits per heavy atom. The molecule has 3 fully saturated rings. The zero-order valence-corrected chi connectivity index (χ0v) is 25.9. The molecule has 0 bridgehead atoms. The molecule has 3 saturated heterocycles. The second-order valence-electron chi connectivity index (χ2n) is 11.4. The van der Waals surface area contributed by atoms with E-state index in [-0.39, 0.29) is 6.61 Å². The van der Waals surface area contributed by atoms with Gasteiger partial charge in [-0.25, -0.2) is 0 Å². The van der Waals surface area contributed by atoms with Crippen LogP contribution in [0.25, 0.3) is 0 Å². The van der Waals surface area contributed by atoms with Gasteiger partial charge < -0.3 is 79.5 Å². The molecule has 264 valence electrons. The molecule has 3 heterocycles. The van der Waals surface area contributed by atoms with E-state index in [4.69, 9.17) is 28.4 Å². The van der Waals surface area contributed by atoms with Crippen LogP contribution in [-0.4, -0.2) is 175 Å². The third-order valence-electron chi connectivity index (χ3n) is 8.15. The van der Waals surface area contributed by atoms with E-state index in [1.165, 1.54) is 5.56 Å². The topological polar surface area (TPSA) is 258 Å². The Labute approximate surface area is 270 Å². The van der Waals surface area contributed by atoms with Gasteiger partial charge >= 0.3 is 0 Å². The molecule has 0 saturated carbocycles. The van der Waals surface area contributed by atoms with Gasteiger partial charge in [0.1, 0.15) is 73.2 Å². The Balaban J connectivity index is 1.28. The number of rotatable bonds is 15. The van der Waals surface area contributed by atoms with Crippen LogP contribution in [0.3, 0.4) is 0 Å². The summed E-state index contributed by atoms with van der Waals surface area (Å²) in [5.41, 5.74) is 1.23. The van der Waals surface area contributed by atoms with Crippen molar-refractivity contribution in [2.45, 2.75) is 111 Å². The fourth-order valence-corrected chi connectivity index (χ4v) is 6.43. The van der Waals surface area contributed by atoms with Crippen molar-refractivity contribution in [2.75, 3.05) is 32.2 Å². The van der Waals surface area contributed by atoms with Crippen LogP contribution < -0.4 is 0 Å². The lowest BCUT2D eigenvalue weighted by molar-refractivity contribution is -0.379. The molecule has 4 rings (SSSR count). The van der Waals surface area contributed by atoms with Gasteiger partial charge in [0.15, 0.2) is 18.9 Å². The summed E-state index contributed by atoms with van der Waals surface area (Å²) in [6.45, 7) is -2.00. The lowest BCUT2D eigenvalue weighted by atomic mass is 9.96. The van der Waals surface area contributed by atoms with E-state index < -0.39 is 112 Å². The number of aliphatic hydroxyl groups is 10. The first-order valence-electron chi connectivity index (χ1n) is 15.2. The Bertz CT molecular complexity index is 1010. The summed E-state index contributed by atoms with van der Waals surface area (Å²) in [5.74, 6) is 1.78. The quantitative estimate of drug-likeness (QED) is 0.0795. The van der Waals surface area contributed by atoms with Gasteiger partial charge in [-0.05, 0) is 24.2 Å². The SMILES string of the molecule is OC[C@H]1O[C@H](O[C@@H]2[C@H](O)[C@@H](O)[C@H](O[C@H]3[C@H](O)[C@@H](O)[C@H](OCCCCSCc4ccccc4)O[C@@H]3CO)O[C@@H]2CO)[C@H](O)[C@@H](O)[C@H]1O. The average Bonchev–Trinajstić information content (AvgIpc) is 3.07. The molecule has 0 amide bonds. The van der Waals surface area contributed by atoms with Crippen molar-refractivity contribution in [3.63, 3.8) is 0 Å². The second kappa shape index (κ2) is 18.1. The molecule has 46 heavy (non-hydrogen) atoms. The molecule has 1 aromatic rings. The van der Waals surface area contributed by atoms with Crippen LogP contribution >= 0.6 is 11.8 Å². The van der Waals surface area contributed by atoms with Crippen LogP contribution in [0, 0.1) is 0 Å². The van der Waals surface area contributed by atoms with Crippen molar-refractivity contribution < 1.29 is 79.5 Å². The fraction of sp³-hybridized carbons (Fsp3) is 0.793. The third kappa shape index (κ3) is 9.13. The number of thioether (sulfide) groups is 1. The van der Waals surface area contributed by atoms with E-state index in [1.54, 1.807) is 11.8 Å². The van der Waals surface area contributed by atoms with Gasteiger partial charge in [-0.3, -0.25) is 0 Å². The minimum absolute atomic E-state index is 0.217. The average molecular weight is 683 g/mol. The summed E-state index contributed by atoms with van der Waals surface area (Å²) < 4.78 is 33.4. The zero-order valence-electron chi connectivity index (χ0n) is 25.0. The number of hydrogen-bond donors (Lipinski definition) is 10. The molecule has 3 aliphatic heterocycles. The van der Waals surface area contributed by atoms with Crippen molar-refractivity contribution in [3.05, 3.63) is 35.9 Å². The Morgan fingerprint density at radius 3 is 1.63 bits per heavy atom.